The van der Waals surface area contributed by atoms with E-state index in [1.807, 2.05) is 30.9 Å². The van der Waals surface area contributed by atoms with Crippen LogP contribution in [0.3, 0.4) is 0 Å². The second kappa shape index (κ2) is 11.1. The fraction of sp³-hybridized carbons (Fsp3) is 0.296. The highest BCUT2D eigenvalue weighted by Crippen LogP contribution is 2.40. The second-order valence-corrected chi connectivity index (χ2v) is 9.65. The molecule has 0 spiro atoms. The van der Waals surface area contributed by atoms with E-state index in [4.69, 9.17) is 0 Å². The molecule has 4 rings (SSSR count). The third-order valence-corrected chi connectivity index (χ3v) is 6.24. The van der Waals surface area contributed by atoms with E-state index in [1.165, 1.54) is 24.7 Å². The molecule has 1 amide bonds. The van der Waals surface area contributed by atoms with E-state index >= 15 is 0 Å². The Hall–Kier alpha value is -4.26. The summed E-state index contributed by atoms with van der Waals surface area (Å²) >= 11 is 0. The van der Waals surface area contributed by atoms with Gasteiger partial charge in [-0.15, -0.1) is 0 Å². The van der Waals surface area contributed by atoms with E-state index in [0.29, 0.717) is 24.1 Å². The summed E-state index contributed by atoms with van der Waals surface area (Å²) in [6.07, 6.45) is -2.84. The van der Waals surface area contributed by atoms with Gasteiger partial charge < -0.3 is 25.0 Å². The number of benzene rings is 2. The lowest BCUT2D eigenvalue weighted by atomic mass is 10.1. The fourth-order valence-electron chi connectivity index (χ4n) is 4.26. The molecule has 2 N–H and O–H groups in total. The predicted molar refractivity (Wildman–Crippen MR) is 145 cm³/mol. The number of carbonyl (C=O) groups is 1. The molecule has 0 aliphatic heterocycles. The van der Waals surface area contributed by atoms with Gasteiger partial charge in [-0.1, -0.05) is 0 Å². The molecule has 8 nitrogen and oxygen atoms in total. The number of carbonyl (C=O) groups excluding carboxylic acids is 1. The molecule has 2 aromatic heterocycles. The highest BCUT2D eigenvalue weighted by molar-refractivity contribution is 5.96. The zero-order valence-corrected chi connectivity index (χ0v) is 22.5. The minimum atomic E-state index is -4.81. The van der Waals surface area contributed by atoms with Crippen LogP contribution in [-0.4, -0.2) is 59.6 Å². The standard InChI is InChI=1S/C27H28F5N7O/c1-15(40)34-22-10-16(6-7-23(22)38(4)9-8-37(2)3)35-26-33-13-19(27(30,31)32)25(36-26)18-14-39(5)24-12-21(29)20(28)11-17(18)24/h6-7,10-14H,8-9H2,1-5H3,(H,34,40)(H,33,35,36). The van der Waals surface area contributed by atoms with Gasteiger partial charge in [-0.05, 0) is 38.4 Å². The number of aryl methyl sites for hydroxylation is 1. The number of nitrogens with zero attached hydrogens (tertiary/aromatic N) is 5. The lowest BCUT2D eigenvalue weighted by Crippen LogP contribution is -2.29. The average Bonchev–Trinajstić information content (AvgIpc) is 3.17. The minimum Gasteiger partial charge on any atom is -0.372 e. The molecular formula is C27H28F5N7O. The molecule has 0 atom stereocenters. The number of hydrogen-bond donors (Lipinski definition) is 2. The van der Waals surface area contributed by atoms with E-state index in [-0.39, 0.29) is 28.3 Å². The molecule has 40 heavy (non-hydrogen) atoms. The number of alkyl halides is 3. The zero-order valence-electron chi connectivity index (χ0n) is 22.5. The van der Waals surface area contributed by atoms with Crippen molar-refractivity contribution in [1.29, 1.82) is 0 Å². The quantitative estimate of drug-likeness (QED) is 0.272. The maximum absolute atomic E-state index is 14.1. The zero-order chi connectivity index (χ0) is 29.4. The van der Waals surface area contributed by atoms with Gasteiger partial charge in [0.15, 0.2) is 11.6 Å². The first-order valence-corrected chi connectivity index (χ1v) is 12.2. The number of amides is 1. The van der Waals surface area contributed by atoms with Crippen molar-refractivity contribution in [3.63, 3.8) is 0 Å². The summed E-state index contributed by atoms with van der Waals surface area (Å²) in [6, 6.07) is 6.84. The van der Waals surface area contributed by atoms with Crippen LogP contribution in [0.15, 0.2) is 42.7 Å². The molecule has 0 aliphatic carbocycles. The highest BCUT2D eigenvalue weighted by atomic mass is 19.4. The molecule has 0 saturated carbocycles. The predicted octanol–water partition coefficient (Wildman–Crippen LogP) is 5.63. The Kier molecular flexibility index (Phi) is 7.96. The molecule has 2 aromatic carbocycles. The molecule has 0 radical (unpaired) electrons. The SMILES string of the molecule is CC(=O)Nc1cc(Nc2ncc(C(F)(F)F)c(-c3cn(C)c4cc(F)c(F)cc34)n2)ccc1N(C)CCN(C)C. The minimum absolute atomic E-state index is 0.0361. The molecular weight excluding hydrogens is 533 g/mol. The fourth-order valence-corrected chi connectivity index (χ4v) is 4.26. The van der Waals surface area contributed by atoms with E-state index in [2.05, 4.69) is 20.6 Å². The van der Waals surface area contributed by atoms with Crippen LogP contribution in [-0.2, 0) is 18.0 Å². The van der Waals surface area contributed by atoms with Crippen LogP contribution in [0.2, 0.25) is 0 Å². The Balaban J connectivity index is 1.77. The summed E-state index contributed by atoms with van der Waals surface area (Å²) < 4.78 is 71.2. The molecule has 0 fully saturated rings. The number of rotatable bonds is 8. The van der Waals surface area contributed by atoms with Crippen molar-refractivity contribution in [2.75, 3.05) is 49.8 Å². The van der Waals surface area contributed by atoms with Crippen LogP contribution >= 0.6 is 0 Å². The Bertz CT molecular complexity index is 1570. The molecule has 0 bridgehead atoms. The van der Waals surface area contributed by atoms with Crippen LogP contribution < -0.4 is 15.5 Å². The van der Waals surface area contributed by atoms with Crippen LogP contribution in [0.4, 0.5) is 45.0 Å². The first kappa shape index (κ1) is 28.7. The van der Waals surface area contributed by atoms with Crippen molar-refractivity contribution < 1.29 is 26.7 Å². The number of hydrogen-bond acceptors (Lipinski definition) is 6. The molecule has 0 saturated heterocycles. The van der Waals surface area contributed by atoms with Crippen LogP contribution in [0.1, 0.15) is 12.5 Å². The number of nitrogens with one attached hydrogen (secondary N) is 2. The van der Waals surface area contributed by atoms with Gasteiger partial charge in [0.2, 0.25) is 11.9 Å². The Morgan fingerprint density at radius 1 is 1.05 bits per heavy atom. The maximum atomic E-state index is 14.1. The molecule has 2 heterocycles. The van der Waals surface area contributed by atoms with Gasteiger partial charge >= 0.3 is 6.18 Å². The Morgan fingerprint density at radius 2 is 1.75 bits per heavy atom. The smallest absolute Gasteiger partial charge is 0.372 e. The summed E-state index contributed by atoms with van der Waals surface area (Å²) in [5.41, 5.74) is 0.162. The number of aromatic nitrogens is 3. The van der Waals surface area contributed by atoms with Crippen molar-refractivity contribution in [2.45, 2.75) is 13.1 Å². The lowest BCUT2D eigenvalue weighted by Gasteiger charge is -2.24. The molecule has 0 aliphatic rings. The Morgan fingerprint density at radius 3 is 2.40 bits per heavy atom. The number of fused-ring (bicyclic) bond motifs is 1. The highest BCUT2D eigenvalue weighted by Gasteiger charge is 2.36. The summed E-state index contributed by atoms with van der Waals surface area (Å²) in [4.78, 5) is 23.8. The van der Waals surface area contributed by atoms with Crippen molar-refractivity contribution in [3.05, 3.63) is 59.9 Å². The first-order chi connectivity index (χ1) is 18.7. The summed E-state index contributed by atoms with van der Waals surface area (Å²) in [5.74, 6) is -2.77. The van der Waals surface area contributed by atoms with E-state index < -0.39 is 29.1 Å². The van der Waals surface area contributed by atoms with Gasteiger partial charge in [0.1, 0.15) is 5.56 Å². The van der Waals surface area contributed by atoms with E-state index in [9.17, 15) is 26.7 Å². The van der Waals surface area contributed by atoms with Crippen molar-refractivity contribution in [3.8, 4) is 11.3 Å². The monoisotopic (exact) mass is 561 g/mol. The number of halogens is 5. The van der Waals surface area contributed by atoms with Gasteiger partial charge in [0.25, 0.3) is 0 Å². The van der Waals surface area contributed by atoms with E-state index in [1.54, 1.807) is 18.2 Å². The first-order valence-electron chi connectivity index (χ1n) is 12.2. The molecule has 0 unspecified atom stereocenters. The number of anilines is 4. The summed E-state index contributed by atoms with van der Waals surface area (Å²) in [6.45, 7) is 2.81. The Labute approximate surface area is 227 Å². The molecule has 13 heteroatoms. The van der Waals surface area contributed by atoms with Crippen molar-refractivity contribution >= 4 is 39.8 Å². The van der Waals surface area contributed by atoms with Gasteiger partial charge in [0.05, 0.1) is 22.6 Å². The van der Waals surface area contributed by atoms with Crippen LogP contribution in [0.5, 0.6) is 0 Å². The number of likely N-dealkylation sites (N-methyl/N-ethyl adjacent to an activating group) is 2. The topological polar surface area (TPSA) is 78.3 Å². The van der Waals surface area contributed by atoms with Gasteiger partial charge in [0, 0.05) is 69.2 Å². The summed E-state index contributed by atoms with van der Waals surface area (Å²) in [5, 5.41) is 5.73. The van der Waals surface area contributed by atoms with Crippen molar-refractivity contribution in [1.82, 2.24) is 19.4 Å². The maximum Gasteiger partial charge on any atom is 0.419 e. The van der Waals surface area contributed by atoms with Crippen LogP contribution in [0, 0.1) is 11.6 Å². The molecule has 4 aromatic rings. The van der Waals surface area contributed by atoms with Gasteiger partial charge in [-0.25, -0.2) is 18.7 Å². The largest absolute Gasteiger partial charge is 0.419 e. The third-order valence-electron chi connectivity index (χ3n) is 6.24. The summed E-state index contributed by atoms with van der Waals surface area (Å²) in [7, 11) is 7.28. The van der Waals surface area contributed by atoms with Gasteiger partial charge in [-0.2, -0.15) is 13.2 Å². The normalized spacial score (nSPS) is 11.8. The average molecular weight is 562 g/mol. The third kappa shape index (κ3) is 6.14. The van der Waals surface area contributed by atoms with Crippen molar-refractivity contribution in [2.24, 2.45) is 7.05 Å². The second-order valence-electron chi connectivity index (χ2n) is 9.65. The lowest BCUT2D eigenvalue weighted by molar-refractivity contribution is -0.137. The van der Waals surface area contributed by atoms with E-state index in [0.717, 1.165) is 24.4 Å². The van der Waals surface area contributed by atoms with Crippen LogP contribution in [0.25, 0.3) is 22.2 Å². The molecule has 212 valence electrons. The van der Waals surface area contributed by atoms with Gasteiger partial charge in [-0.3, -0.25) is 4.79 Å².